The molecule has 1 fully saturated rings. The summed E-state index contributed by atoms with van der Waals surface area (Å²) in [5, 5.41) is 8.60. The van der Waals surface area contributed by atoms with Gasteiger partial charge in [-0.05, 0) is 30.5 Å². The average Bonchev–Trinajstić information content (AvgIpc) is 3.00. The van der Waals surface area contributed by atoms with Crippen molar-refractivity contribution in [1.82, 2.24) is 15.2 Å². The Bertz CT molecular complexity index is 657. The molecule has 4 rings (SSSR count). The number of ether oxygens (including phenoxy) is 2. The summed E-state index contributed by atoms with van der Waals surface area (Å²) in [4.78, 5) is 4.49. The smallest absolute Gasteiger partial charge is 0.231 e. The topological polar surface area (TPSA) is 60.0 Å². The van der Waals surface area contributed by atoms with E-state index < -0.39 is 0 Å². The molecule has 1 aromatic carbocycles. The van der Waals surface area contributed by atoms with E-state index in [0.29, 0.717) is 22.4 Å². The molecule has 0 atom stereocenters. The van der Waals surface area contributed by atoms with Crippen LogP contribution in [-0.4, -0.2) is 22.0 Å². The number of aromatic nitrogens is 3. The lowest BCUT2D eigenvalue weighted by Gasteiger charge is -2.03. The minimum absolute atomic E-state index is 0.233. The zero-order chi connectivity index (χ0) is 13.5. The molecule has 5 nitrogen and oxygen atoms in total. The summed E-state index contributed by atoms with van der Waals surface area (Å²) >= 11 is 7.74. The fourth-order valence-corrected chi connectivity index (χ4v) is 3.14. The molecule has 0 unspecified atom stereocenters. The Hall–Kier alpha value is -1.40. The van der Waals surface area contributed by atoms with Gasteiger partial charge in [0.25, 0.3) is 0 Å². The Morgan fingerprint density at radius 2 is 2.25 bits per heavy atom. The van der Waals surface area contributed by atoms with Crippen molar-refractivity contribution in [3.8, 4) is 11.5 Å². The molecule has 2 aromatic rings. The third-order valence-electron chi connectivity index (χ3n) is 3.30. The standard InChI is InChI=1S/C13H12ClN3O2S/c14-9-3-7(4-10-11(9)19-6-18-10)5-20-13-15-12(16-17-13)8-1-2-8/h3-4,8H,1-2,5-6H2,(H,15,16,17). The van der Waals surface area contributed by atoms with Gasteiger partial charge in [0.05, 0.1) is 5.02 Å². The van der Waals surface area contributed by atoms with Crippen LogP contribution in [0.25, 0.3) is 0 Å². The van der Waals surface area contributed by atoms with Crippen LogP contribution in [0, 0.1) is 0 Å². The van der Waals surface area contributed by atoms with Crippen LogP contribution < -0.4 is 9.47 Å². The Labute approximate surface area is 125 Å². The van der Waals surface area contributed by atoms with Crippen molar-refractivity contribution < 1.29 is 9.47 Å². The van der Waals surface area contributed by atoms with Crippen molar-refractivity contribution in [3.05, 3.63) is 28.5 Å². The van der Waals surface area contributed by atoms with Gasteiger partial charge in [-0.2, -0.15) is 0 Å². The van der Waals surface area contributed by atoms with E-state index in [2.05, 4.69) is 15.2 Å². The van der Waals surface area contributed by atoms with E-state index in [9.17, 15) is 0 Å². The maximum Gasteiger partial charge on any atom is 0.231 e. The number of hydrogen-bond acceptors (Lipinski definition) is 5. The lowest BCUT2D eigenvalue weighted by Crippen LogP contribution is -1.93. The number of nitrogens with zero attached hydrogens (tertiary/aromatic N) is 2. The lowest BCUT2D eigenvalue weighted by atomic mass is 10.2. The number of nitrogens with one attached hydrogen (secondary N) is 1. The molecule has 1 N–H and O–H groups in total. The minimum atomic E-state index is 0.233. The summed E-state index contributed by atoms with van der Waals surface area (Å²) < 4.78 is 10.7. The summed E-state index contributed by atoms with van der Waals surface area (Å²) in [5.74, 6) is 3.70. The molecule has 1 aromatic heterocycles. The average molecular weight is 310 g/mol. The number of hydrogen-bond donors (Lipinski definition) is 1. The van der Waals surface area contributed by atoms with Gasteiger partial charge < -0.3 is 9.47 Å². The molecule has 20 heavy (non-hydrogen) atoms. The number of benzene rings is 1. The monoisotopic (exact) mass is 309 g/mol. The van der Waals surface area contributed by atoms with E-state index in [1.54, 1.807) is 11.8 Å². The molecule has 0 radical (unpaired) electrons. The van der Waals surface area contributed by atoms with Gasteiger partial charge >= 0.3 is 0 Å². The number of H-pyrrole nitrogens is 1. The molecule has 1 aliphatic heterocycles. The number of rotatable bonds is 4. The molecule has 2 aliphatic rings. The maximum absolute atomic E-state index is 6.16. The third kappa shape index (κ3) is 2.33. The van der Waals surface area contributed by atoms with Gasteiger partial charge in [0, 0.05) is 11.7 Å². The van der Waals surface area contributed by atoms with Crippen molar-refractivity contribution in [1.29, 1.82) is 0 Å². The van der Waals surface area contributed by atoms with Crippen LogP contribution in [0.5, 0.6) is 11.5 Å². The van der Waals surface area contributed by atoms with Gasteiger partial charge in [-0.25, -0.2) is 4.98 Å². The highest BCUT2D eigenvalue weighted by Crippen LogP contribution is 2.41. The van der Waals surface area contributed by atoms with E-state index in [1.807, 2.05) is 12.1 Å². The highest BCUT2D eigenvalue weighted by molar-refractivity contribution is 7.98. The quantitative estimate of drug-likeness (QED) is 0.878. The van der Waals surface area contributed by atoms with Gasteiger partial charge in [-0.15, -0.1) is 5.10 Å². The first kappa shape index (κ1) is 12.3. The van der Waals surface area contributed by atoms with Crippen LogP contribution in [0.4, 0.5) is 0 Å². The largest absolute Gasteiger partial charge is 0.454 e. The first-order chi connectivity index (χ1) is 9.79. The fourth-order valence-electron chi connectivity index (χ4n) is 2.11. The van der Waals surface area contributed by atoms with Crippen molar-refractivity contribution in [3.63, 3.8) is 0 Å². The molecule has 0 amide bonds. The van der Waals surface area contributed by atoms with Gasteiger partial charge in [0.2, 0.25) is 11.9 Å². The maximum atomic E-state index is 6.16. The van der Waals surface area contributed by atoms with E-state index in [-0.39, 0.29) is 6.79 Å². The molecule has 2 heterocycles. The summed E-state index contributed by atoms with van der Waals surface area (Å²) in [7, 11) is 0. The Balaban J connectivity index is 1.47. The predicted molar refractivity (Wildman–Crippen MR) is 75.5 cm³/mol. The van der Waals surface area contributed by atoms with Crippen LogP contribution >= 0.6 is 23.4 Å². The molecule has 104 valence electrons. The summed E-state index contributed by atoms with van der Waals surface area (Å²) in [6.45, 7) is 0.233. The SMILES string of the molecule is Clc1cc(CSc2n[nH]c(C3CC3)n2)cc2c1OCO2. The Kier molecular flexibility index (Phi) is 3.00. The second-order valence-corrected chi connectivity index (χ2v) is 6.23. The number of aromatic amines is 1. The number of halogens is 1. The van der Waals surface area contributed by atoms with Crippen LogP contribution in [0.3, 0.4) is 0 Å². The number of thioether (sulfide) groups is 1. The van der Waals surface area contributed by atoms with Gasteiger partial charge in [-0.3, -0.25) is 5.10 Å². The van der Waals surface area contributed by atoms with Crippen molar-refractivity contribution in [2.45, 2.75) is 29.7 Å². The first-order valence-electron chi connectivity index (χ1n) is 6.43. The van der Waals surface area contributed by atoms with Gasteiger partial charge in [0.1, 0.15) is 5.82 Å². The molecular weight excluding hydrogens is 298 g/mol. The van der Waals surface area contributed by atoms with Crippen molar-refractivity contribution in [2.24, 2.45) is 0 Å². The van der Waals surface area contributed by atoms with Crippen LogP contribution in [-0.2, 0) is 5.75 Å². The van der Waals surface area contributed by atoms with E-state index in [4.69, 9.17) is 21.1 Å². The normalized spacial score (nSPS) is 16.6. The summed E-state index contributed by atoms with van der Waals surface area (Å²) in [6, 6.07) is 3.85. The Morgan fingerprint density at radius 3 is 3.10 bits per heavy atom. The highest BCUT2D eigenvalue weighted by atomic mass is 35.5. The predicted octanol–water partition coefficient (Wildman–Crippen LogP) is 3.36. The summed E-state index contributed by atoms with van der Waals surface area (Å²) in [6.07, 6.45) is 2.44. The van der Waals surface area contributed by atoms with E-state index in [0.717, 1.165) is 22.3 Å². The third-order valence-corrected chi connectivity index (χ3v) is 4.50. The second kappa shape index (κ2) is 4.86. The molecule has 0 spiro atoms. The zero-order valence-corrected chi connectivity index (χ0v) is 12.1. The van der Waals surface area contributed by atoms with Crippen LogP contribution in [0.2, 0.25) is 5.02 Å². The molecular formula is C13H12ClN3O2S. The fraction of sp³-hybridized carbons (Fsp3) is 0.385. The van der Waals surface area contributed by atoms with Gasteiger partial charge in [-0.1, -0.05) is 23.4 Å². The Morgan fingerprint density at radius 1 is 1.35 bits per heavy atom. The molecule has 0 bridgehead atoms. The lowest BCUT2D eigenvalue weighted by molar-refractivity contribution is 0.174. The van der Waals surface area contributed by atoms with Crippen LogP contribution in [0.1, 0.15) is 30.1 Å². The minimum Gasteiger partial charge on any atom is -0.454 e. The molecule has 1 saturated carbocycles. The summed E-state index contributed by atoms with van der Waals surface area (Å²) in [5.41, 5.74) is 1.07. The highest BCUT2D eigenvalue weighted by Gasteiger charge is 2.27. The van der Waals surface area contributed by atoms with Crippen molar-refractivity contribution >= 4 is 23.4 Å². The second-order valence-electron chi connectivity index (χ2n) is 4.88. The number of fused-ring (bicyclic) bond motifs is 1. The van der Waals surface area contributed by atoms with E-state index >= 15 is 0 Å². The van der Waals surface area contributed by atoms with Crippen LogP contribution in [0.15, 0.2) is 17.3 Å². The molecule has 7 heteroatoms. The molecule has 0 saturated heterocycles. The zero-order valence-electron chi connectivity index (χ0n) is 10.6. The van der Waals surface area contributed by atoms with Gasteiger partial charge in [0.15, 0.2) is 11.5 Å². The molecule has 1 aliphatic carbocycles. The van der Waals surface area contributed by atoms with Crippen molar-refractivity contribution in [2.75, 3.05) is 6.79 Å². The van der Waals surface area contributed by atoms with E-state index in [1.165, 1.54) is 12.8 Å². The first-order valence-corrected chi connectivity index (χ1v) is 7.79.